The van der Waals surface area contributed by atoms with Gasteiger partial charge in [0, 0.05) is 25.4 Å². The minimum atomic E-state index is -3.74. The molecule has 1 amide bonds. The van der Waals surface area contributed by atoms with E-state index >= 15 is 0 Å². The summed E-state index contributed by atoms with van der Waals surface area (Å²) in [6.07, 6.45) is 3.10. The van der Waals surface area contributed by atoms with Gasteiger partial charge in [-0.15, -0.1) is 0 Å². The van der Waals surface area contributed by atoms with Crippen molar-refractivity contribution in [3.8, 4) is 17.2 Å². The molecular weight excluding hydrogens is 456 g/mol. The van der Waals surface area contributed by atoms with Crippen molar-refractivity contribution in [2.24, 2.45) is 0 Å². The second-order valence-corrected chi connectivity index (χ2v) is 9.30. The van der Waals surface area contributed by atoms with Crippen molar-refractivity contribution in [2.45, 2.75) is 11.4 Å². The second-order valence-electron chi connectivity index (χ2n) is 7.62. The maximum Gasteiger partial charge on any atom is 0.261 e. The molecule has 0 aromatic heterocycles. The standard InChI is InChI=1S/C25H24N2O6S/c1-27(16-19-5-13-23-24(15-19)33-17-32-23)25(28)14-6-18-3-11-22(12-4-18)34(29,30)26-20-7-9-21(31-2)10-8-20/h3-15,26H,16-17H2,1-2H3. The molecule has 1 heterocycles. The number of sulfonamides is 1. The maximum absolute atomic E-state index is 12.6. The number of likely N-dealkylation sites (N-methyl/N-ethyl adjacent to an activating group) is 1. The lowest BCUT2D eigenvalue weighted by Crippen LogP contribution is -2.24. The number of ether oxygens (including phenoxy) is 3. The minimum absolute atomic E-state index is 0.117. The van der Waals surface area contributed by atoms with E-state index in [9.17, 15) is 13.2 Å². The molecule has 0 saturated heterocycles. The lowest BCUT2D eigenvalue weighted by Gasteiger charge is -2.15. The molecule has 176 valence electrons. The number of amides is 1. The zero-order valence-corrected chi connectivity index (χ0v) is 19.5. The zero-order chi connectivity index (χ0) is 24.1. The summed E-state index contributed by atoms with van der Waals surface area (Å²) in [6, 6.07) is 18.4. The number of nitrogens with zero attached hydrogens (tertiary/aromatic N) is 1. The van der Waals surface area contributed by atoms with Crippen LogP contribution in [0.4, 0.5) is 5.69 Å². The maximum atomic E-state index is 12.6. The van der Waals surface area contributed by atoms with Gasteiger partial charge in [-0.25, -0.2) is 8.42 Å². The van der Waals surface area contributed by atoms with Gasteiger partial charge in [0.2, 0.25) is 12.7 Å². The first-order valence-electron chi connectivity index (χ1n) is 10.4. The van der Waals surface area contributed by atoms with Crippen LogP contribution in [0.3, 0.4) is 0 Å². The number of nitrogens with one attached hydrogen (secondary N) is 1. The fourth-order valence-corrected chi connectivity index (χ4v) is 4.38. The molecule has 4 rings (SSSR count). The molecule has 34 heavy (non-hydrogen) atoms. The number of carbonyl (C=O) groups is 1. The number of methoxy groups -OCH3 is 1. The van der Waals surface area contributed by atoms with E-state index in [-0.39, 0.29) is 17.6 Å². The van der Waals surface area contributed by atoms with Crippen molar-refractivity contribution in [3.05, 3.63) is 83.9 Å². The molecule has 9 heteroatoms. The smallest absolute Gasteiger partial charge is 0.261 e. The molecule has 0 fully saturated rings. The van der Waals surface area contributed by atoms with E-state index in [1.54, 1.807) is 61.5 Å². The van der Waals surface area contributed by atoms with Crippen LogP contribution in [-0.2, 0) is 21.4 Å². The van der Waals surface area contributed by atoms with Gasteiger partial charge in [0.15, 0.2) is 11.5 Å². The molecule has 3 aromatic rings. The molecule has 1 N–H and O–H groups in total. The van der Waals surface area contributed by atoms with Crippen LogP contribution in [0.25, 0.3) is 6.08 Å². The molecule has 0 atom stereocenters. The summed E-state index contributed by atoms with van der Waals surface area (Å²) in [7, 11) is -0.495. The first kappa shape index (κ1) is 23.2. The molecule has 1 aliphatic heterocycles. The van der Waals surface area contributed by atoms with Crippen molar-refractivity contribution in [1.82, 2.24) is 4.90 Å². The average Bonchev–Trinajstić information content (AvgIpc) is 3.31. The Hall–Kier alpha value is -3.98. The Balaban J connectivity index is 1.36. The third-order valence-electron chi connectivity index (χ3n) is 5.18. The molecule has 0 saturated carbocycles. The lowest BCUT2D eigenvalue weighted by molar-refractivity contribution is -0.125. The fourth-order valence-electron chi connectivity index (χ4n) is 3.32. The van der Waals surface area contributed by atoms with Gasteiger partial charge >= 0.3 is 0 Å². The minimum Gasteiger partial charge on any atom is -0.497 e. The summed E-state index contributed by atoms with van der Waals surface area (Å²) in [6.45, 7) is 0.613. The summed E-state index contributed by atoms with van der Waals surface area (Å²) in [5, 5.41) is 0. The Morgan fingerprint density at radius 3 is 2.44 bits per heavy atom. The number of fused-ring (bicyclic) bond motifs is 1. The summed E-state index contributed by atoms with van der Waals surface area (Å²) >= 11 is 0. The van der Waals surface area contributed by atoms with Crippen LogP contribution < -0.4 is 18.9 Å². The van der Waals surface area contributed by atoms with Crippen molar-refractivity contribution in [1.29, 1.82) is 0 Å². The topological polar surface area (TPSA) is 94.2 Å². The van der Waals surface area contributed by atoms with Crippen molar-refractivity contribution in [2.75, 3.05) is 25.7 Å². The highest BCUT2D eigenvalue weighted by atomic mass is 32.2. The lowest BCUT2D eigenvalue weighted by atomic mass is 10.2. The molecule has 3 aromatic carbocycles. The van der Waals surface area contributed by atoms with Crippen molar-refractivity contribution in [3.63, 3.8) is 0 Å². The Bertz CT molecular complexity index is 1300. The van der Waals surface area contributed by atoms with Crippen LogP contribution in [0, 0.1) is 0 Å². The number of rotatable bonds is 8. The second kappa shape index (κ2) is 9.88. The van der Waals surface area contributed by atoms with Gasteiger partial charge in [-0.1, -0.05) is 18.2 Å². The van der Waals surface area contributed by atoms with Crippen LogP contribution in [0.15, 0.2) is 77.7 Å². The SMILES string of the molecule is COc1ccc(NS(=O)(=O)c2ccc(C=CC(=O)N(C)Cc3ccc4c(c3)OCO4)cc2)cc1. The van der Waals surface area contributed by atoms with E-state index in [1.807, 2.05) is 18.2 Å². The summed E-state index contributed by atoms with van der Waals surface area (Å²) in [5.41, 5.74) is 2.06. The van der Waals surface area contributed by atoms with E-state index in [1.165, 1.54) is 18.2 Å². The Morgan fingerprint density at radius 2 is 1.74 bits per heavy atom. The highest BCUT2D eigenvalue weighted by molar-refractivity contribution is 7.92. The Morgan fingerprint density at radius 1 is 1.03 bits per heavy atom. The molecule has 0 aliphatic carbocycles. The quantitative estimate of drug-likeness (QED) is 0.492. The normalized spacial score (nSPS) is 12.5. The number of carbonyl (C=O) groups excluding carboxylic acids is 1. The number of anilines is 1. The molecule has 1 aliphatic rings. The summed E-state index contributed by atoms with van der Waals surface area (Å²) < 4.78 is 43.5. The monoisotopic (exact) mass is 480 g/mol. The molecule has 8 nitrogen and oxygen atoms in total. The highest BCUT2D eigenvalue weighted by Gasteiger charge is 2.15. The molecule has 0 radical (unpaired) electrons. The zero-order valence-electron chi connectivity index (χ0n) is 18.7. The molecule has 0 spiro atoms. The first-order valence-corrected chi connectivity index (χ1v) is 11.9. The Kier molecular flexibility index (Phi) is 6.74. The van der Waals surface area contributed by atoms with Crippen molar-refractivity contribution >= 4 is 27.7 Å². The first-order chi connectivity index (χ1) is 16.3. The molecule has 0 bridgehead atoms. The van der Waals surface area contributed by atoms with Gasteiger partial charge in [-0.3, -0.25) is 9.52 Å². The average molecular weight is 481 g/mol. The van der Waals surface area contributed by atoms with E-state index in [2.05, 4.69) is 4.72 Å². The van der Waals surface area contributed by atoms with E-state index in [0.717, 1.165) is 5.56 Å². The predicted molar refractivity (Wildman–Crippen MR) is 128 cm³/mol. The van der Waals surface area contributed by atoms with Gasteiger partial charge in [0.25, 0.3) is 10.0 Å². The van der Waals surface area contributed by atoms with Crippen molar-refractivity contribution < 1.29 is 27.4 Å². The fraction of sp³-hybridized carbons (Fsp3) is 0.160. The summed E-state index contributed by atoms with van der Waals surface area (Å²) in [5.74, 6) is 1.82. The van der Waals surface area contributed by atoms with E-state index < -0.39 is 10.0 Å². The van der Waals surface area contributed by atoms with Gasteiger partial charge in [-0.2, -0.15) is 0 Å². The van der Waals surface area contributed by atoms with Gasteiger partial charge in [0.05, 0.1) is 12.0 Å². The van der Waals surface area contributed by atoms with Crippen LogP contribution in [0.2, 0.25) is 0 Å². The van der Waals surface area contributed by atoms with E-state index in [4.69, 9.17) is 14.2 Å². The van der Waals surface area contributed by atoms with Crippen LogP contribution in [-0.4, -0.2) is 40.2 Å². The van der Waals surface area contributed by atoms with Gasteiger partial charge in [0.1, 0.15) is 5.75 Å². The molecule has 0 unspecified atom stereocenters. The van der Waals surface area contributed by atoms with Crippen LogP contribution in [0.1, 0.15) is 11.1 Å². The highest BCUT2D eigenvalue weighted by Crippen LogP contribution is 2.32. The predicted octanol–water partition coefficient (Wildman–Crippen LogP) is 3.90. The van der Waals surface area contributed by atoms with Gasteiger partial charge < -0.3 is 19.1 Å². The number of hydrogen-bond donors (Lipinski definition) is 1. The van der Waals surface area contributed by atoms with Crippen LogP contribution >= 0.6 is 0 Å². The molecular formula is C25H24N2O6S. The Labute approximate surface area is 198 Å². The van der Waals surface area contributed by atoms with Crippen LogP contribution in [0.5, 0.6) is 17.2 Å². The third kappa shape index (κ3) is 5.49. The third-order valence-corrected chi connectivity index (χ3v) is 6.58. The number of hydrogen-bond acceptors (Lipinski definition) is 6. The largest absolute Gasteiger partial charge is 0.497 e. The van der Waals surface area contributed by atoms with E-state index in [0.29, 0.717) is 35.0 Å². The number of benzene rings is 3. The van der Waals surface area contributed by atoms with Gasteiger partial charge in [-0.05, 0) is 65.7 Å². The summed E-state index contributed by atoms with van der Waals surface area (Å²) in [4.78, 5) is 14.2.